The van der Waals surface area contributed by atoms with Crippen LogP contribution < -0.4 is 5.73 Å². The molecule has 1 aromatic rings. The van der Waals surface area contributed by atoms with Gasteiger partial charge >= 0.3 is 5.97 Å². The number of benzene rings is 1. The summed E-state index contributed by atoms with van der Waals surface area (Å²) in [6.45, 7) is 4.23. The molecule has 0 aliphatic heterocycles. The Morgan fingerprint density at radius 3 is 2.53 bits per heavy atom. The number of carboxylic acid groups (broad SMARTS) is 1. The fraction of sp³-hybridized carbons (Fsp3) is 0.462. The first-order chi connectivity index (χ1) is 7.91. The maximum absolute atomic E-state index is 10.9. The third-order valence-electron chi connectivity index (χ3n) is 2.73. The van der Waals surface area contributed by atoms with Crippen molar-refractivity contribution in [1.82, 2.24) is 0 Å². The molecule has 1 aromatic carbocycles. The number of aromatic carboxylic acids is 1. The highest BCUT2D eigenvalue weighted by Gasteiger charge is 2.13. The fourth-order valence-electron chi connectivity index (χ4n) is 1.64. The van der Waals surface area contributed by atoms with Crippen LogP contribution in [0, 0.1) is 5.92 Å². The van der Waals surface area contributed by atoms with Crippen molar-refractivity contribution in [2.24, 2.45) is 11.7 Å². The molecule has 0 aromatic heterocycles. The van der Waals surface area contributed by atoms with Crippen molar-refractivity contribution in [2.75, 3.05) is 0 Å². The maximum atomic E-state index is 10.9. The molecule has 4 N–H and O–H groups in total. The van der Waals surface area contributed by atoms with Gasteiger partial charge in [0.15, 0.2) is 0 Å². The summed E-state index contributed by atoms with van der Waals surface area (Å²) in [6.07, 6.45) is 1.80. The van der Waals surface area contributed by atoms with Gasteiger partial charge in [-0.25, -0.2) is 4.79 Å². The molecule has 4 nitrogen and oxygen atoms in total. The van der Waals surface area contributed by atoms with E-state index in [1.54, 1.807) is 6.07 Å². The molecule has 0 fully saturated rings. The molecule has 0 amide bonds. The van der Waals surface area contributed by atoms with Gasteiger partial charge in [-0.1, -0.05) is 19.9 Å². The second kappa shape index (κ2) is 5.68. The molecule has 17 heavy (non-hydrogen) atoms. The molecule has 0 bridgehead atoms. The minimum absolute atomic E-state index is 0.0949. The summed E-state index contributed by atoms with van der Waals surface area (Å²) in [5, 5.41) is 18.3. The van der Waals surface area contributed by atoms with Crippen LogP contribution in [0.15, 0.2) is 18.2 Å². The van der Waals surface area contributed by atoms with Crippen LogP contribution in [0.5, 0.6) is 5.75 Å². The number of carboxylic acids is 1. The van der Waals surface area contributed by atoms with E-state index in [0.717, 1.165) is 18.4 Å². The number of hydrogen-bond donors (Lipinski definition) is 3. The van der Waals surface area contributed by atoms with Crippen molar-refractivity contribution in [3.63, 3.8) is 0 Å². The van der Waals surface area contributed by atoms with Crippen molar-refractivity contribution in [1.29, 1.82) is 0 Å². The number of nitrogens with two attached hydrogens (primary N) is 1. The number of hydrogen-bond acceptors (Lipinski definition) is 3. The Hall–Kier alpha value is -1.55. The highest BCUT2D eigenvalue weighted by atomic mass is 16.4. The molecule has 1 atom stereocenters. The van der Waals surface area contributed by atoms with Crippen LogP contribution in [-0.2, 0) is 0 Å². The molecule has 1 rings (SSSR count). The van der Waals surface area contributed by atoms with E-state index >= 15 is 0 Å². The van der Waals surface area contributed by atoms with Gasteiger partial charge in [0.05, 0.1) is 0 Å². The number of aromatic hydroxyl groups is 1. The van der Waals surface area contributed by atoms with E-state index in [-0.39, 0.29) is 17.4 Å². The molecule has 0 unspecified atom stereocenters. The Balaban J connectivity index is 2.84. The first-order valence-corrected chi connectivity index (χ1v) is 5.73. The van der Waals surface area contributed by atoms with E-state index < -0.39 is 5.97 Å². The van der Waals surface area contributed by atoms with E-state index in [0.29, 0.717) is 5.92 Å². The van der Waals surface area contributed by atoms with E-state index in [9.17, 15) is 9.90 Å². The van der Waals surface area contributed by atoms with Gasteiger partial charge in [0, 0.05) is 6.04 Å². The molecule has 4 heteroatoms. The maximum Gasteiger partial charge on any atom is 0.339 e. The van der Waals surface area contributed by atoms with Crippen LogP contribution in [0.25, 0.3) is 0 Å². The molecule has 0 heterocycles. The fourth-order valence-corrected chi connectivity index (χ4v) is 1.64. The summed E-state index contributed by atoms with van der Waals surface area (Å²) >= 11 is 0. The lowest BCUT2D eigenvalue weighted by molar-refractivity contribution is 0.0693. The van der Waals surface area contributed by atoms with Crippen molar-refractivity contribution in [3.8, 4) is 5.75 Å². The smallest absolute Gasteiger partial charge is 0.339 e. The zero-order valence-corrected chi connectivity index (χ0v) is 10.2. The van der Waals surface area contributed by atoms with Gasteiger partial charge in [0.1, 0.15) is 11.3 Å². The summed E-state index contributed by atoms with van der Waals surface area (Å²) < 4.78 is 0. The molecule has 94 valence electrons. The first-order valence-electron chi connectivity index (χ1n) is 5.73. The van der Waals surface area contributed by atoms with Crippen LogP contribution >= 0.6 is 0 Å². The topological polar surface area (TPSA) is 83.5 Å². The molecular formula is C13H19NO3. The monoisotopic (exact) mass is 237 g/mol. The highest BCUT2D eigenvalue weighted by Crippen LogP contribution is 2.24. The predicted octanol–water partition coefficient (Wildman–Crippen LogP) is 2.53. The Bertz CT molecular complexity index is 402. The van der Waals surface area contributed by atoms with Crippen LogP contribution in [0.1, 0.15) is 48.7 Å². The van der Waals surface area contributed by atoms with Gasteiger partial charge < -0.3 is 15.9 Å². The second-order valence-corrected chi connectivity index (χ2v) is 4.66. The van der Waals surface area contributed by atoms with E-state index in [1.165, 1.54) is 12.1 Å². The zero-order valence-electron chi connectivity index (χ0n) is 10.2. The van der Waals surface area contributed by atoms with Crippen LogP contribution in [0.3, 0.4) is 0 Å². The largest absolute Gasteiger partial charge is 0.507 e. The average Bonchev–Trinajstić information content (AvgIpc) is 2.26. The molecule has 0 aliphatic carbocycles. The number of carbonyl (C=O) groups is 1. The number of rotatable bonds is 5. The SMILES string of the molecule is CC(C)CC[C@@H](N)c1ccc(O)c(C(=O)O)c1. The Morgan fingerprint density at radius 2 is 2.00 bits per heavy atom. The Labute approximate surface area is 101 Å². The normalized spacial score (nSPS) is 12.7. The summed E-state index contributed by atoms with van der Waals surface area (Å²) in [6, 6.07) is 4.32. The minimum atomic E-state index is -1.14. The van der Waals surface area contributed by atoms with Crippen molar-refractivity contribution in [3.05, 3.63) is 29.3 Å². The molecule has 0 saturated heterocycles. The highest BCUT2D eigenvalue weighted by molar-refractivity contribution is 5.90. The van der Waals surface area contributed by atoms with E-state index in [2.05, 4.69) is 13.8 Å². The quantitative estimate of drug-likeness (QED) is 0.734. The standard InChI is InChI=1S/C13H19NO3/c1-8(2)3-5-11(14)9-4-6-12(15)10(7-9)13(16)17/h4,6-8,11,15H,3,5,14H2,1-2H3,(H,16,17)/t11-/m1/s1. The minimum Gasteiger partial charge on any atom is -0.507 e. The molecule has 0 spiro atoms. The lowest BCUT2D eigenvalue weighted by Crippen LogP contribution is -2.12. The molecular weight excluding hydrogens is 218 g/mol. The van der Waals surface area contributed by atoms with Crippen LogP contribution in [0.4, 0.5) is 0 Å². The van der Waals surface area contributed by atoms with Crippen molar-refractivity contribution >= 4 is 5.97 Å². The van der Waals surface area contributed by atoms with E-state index in [4.69, 9.17) is 10.8 Å². The van der Waals surface area contributed by atoms with Gasteiger partial charge in [-0.2, -0.15) is 0 Å². The van der Waals surface area contributed by atoms with Crippen molar-refractivity contribution in [2.45, 2.75) is 32.7 Å². The molecule has 0 radical (unpaired) electrons. The number of phenols is 1. The van der Waals surface area contributed by atoms with Gasteiger partial charge in [-0.3, -0.25) is 0 Å². The molecule has 0 aliphatic rings. The van der Waals surface area contributed by atoms with Gasteiger partial charge in [-0.15, -0.1) is 0 Å². The Morgan fingerprint density at radius 1 is 1.35 bits per heavy atom. The van der Waals surface area contributed by atoms with Crippen LogP contribution in [-0.4, -0.2) is 16.2 Å². The average molecular weight is 237 g/mol. The molecule has 0 saturated carbocycles. The van der Waals surface area contributed by atoms with Crippen molar-refractivity contribution < 1.29 is 15.0 Å². The first kappa shape index (κ1) is 13.5. The summed E-state index contributed by atoms with van der Waals surface area (Å²) in [4.78, 5) is 10.9. The second-order valence-electron chi connectivity index (χ2n) is 4.66. The van der Waals surface area contributed by atoms with E-state index in [1.807, 2.05) is 0 Å². The predicted molar refractivity (Wildman–Crippen MR) is 66.1 cm³/mol. The summed E-state index contributed by atoms with van der Waals surface area (Å²) in [5.74, 6) is -0.796. The lowest BCUT2D eigenvalue weighted by Gasteiger charge is -2.14. The zero-order chi connectivity index (χ0) is 13.0. The lowest BCUT2D eigenvalue weighted by atomic mass is 9.97. The van der Waals surface area contributed by atoms with Gasteiger partial charge in [0.25, 0.3) is 0 Å². The third kappa shape index (κ3) is 3.75. The summed E-state index contributed by atoms with van der Waals surface area (Å²) in [7, 11) is 0. The Kier molecular flexibility index (Phi) is 4.52. The summed E-state index contributed by atoms with van der Waals surface area (Å²) in [5.41, 5.74) is 6.64. The van der Waals surface area contributed by atoms with Gasteiger partial charge in [-0.05, 0) is 36.5 Å². The van der Waals surface area contributed by atoms with Gasteiger partial charge in [0.2, 0.25) is 0 Å². The van der Waals surface area contributed by atoms with Crippen LogP contribution in [0.2, 0.25) is 0 Å². The third-order valence-corrected chi connectivity index (χ3v) is 2.73.